The van der Waals surface area contributed by atoms with Crippen molar-refractivity contribution in [2.75, 3.05) is 0 Å². The average Bonchev–Trinajstić information content (AvgIpc) is 2.98. The maximum atomic E-state index is 6.27. The van der Waals surface area contributed by atoms with Crippen LogP contribution in [0.15, 0.2) is 6.20 Å². The molecule has 20 heavy (non-hydrogen) atoms. The molecule has 0 fully saturated rings. The predicted octanol–water partition coefficient (Wildman–Crippen LogP) is 2.26. The van der Waals surface area contributed by atoms with Gasteiger partial charge in [0.25, 0.3) is 0 Å². The Morgan fingerprint density at radius 1 is 1.50 bits per heavy atom. The van der Waals surface area contributed by atoms with Gasteiger partial charge in [0.15, 0.2) is 0 Å². The van der Waals surface area contributed by atoms with E-state index in [1.54, 1.807) is 6.20 Å². The van der Waals surface area contributed by atoms with Crippen LogP contribution in [0.5, 0.6) is 0 Å². The second-order valence-electron chi connectivity index (χ2n) is 5.53. The van der Waals surface area contributed by atoms with E-state index in [2.05, 4.69) is 40.9 Å². The van der Waals surface area contributed by atoms with Gasteiger partial charge in [-0.25, -0.2) is 5.43 Å². The van der Waals surface area contributed by atoms with Crippen LogP contribution in [0.25, 0.3) is 0 Å². The second-order valence-corrected chi connectivity index (χ2v) is 6.72. The molecule has 0 aliphatic heterocycles. The summed E-state index contributed by atoms with van der Waals surface area (Å²) in [4.78, 5) is 0.970. The van der Waals surface area contributed by atoms with Crippen LogP contribution in [0.4, 0.5) is 0 Å². The highest BCUT2D eigenvalue weighted by Gasteiger charge is 2.30. The maximum absolute atomic E-state index is 6.27. The molecular weight excluding hydrogens is 296 g/mol. The number of aromatic nitrogens is 4. The topological polar surface area (TPSA) is 81.7 Å². The number of hydrazine groups is 1. The van der Waals surface area contributed by atoms with Gasteiger partial charge in [-0.3, -0.25) is 10.5 Å². The first-order valence-electron chi connectivity index (χ1n) is 6.40. The Morgan fingerprint density at radius 3 is 2.75 bits per heavy atom. The van der Waals surface area contributed by atoms with Crippen LogP contribution in [0.2, 0.25) is 5.02 Å². The minimum atomic E-state index is -0.265. The van der Waals surface area contributed by atoms with Crippen molar-refractivity contribution in [2.45, 2.75) is 45.7 Å². The van der Waals surface area contributed by atoms with Crippen LogP contribution in [-0.4, -0.2) is 19.4 Å². The molecule has 0 bridgehead atoms. The highest BCUT2D eigenvalue weighted by atomic mass is 35.5. The first kappa shape index (κ1) is 15.4. The molecule has 2 aromatic heterocycles. The molecule has 110 valence electrons. The zero-order valence-electron chi connectivity index (χ0n) is 12.0. The summed E-state index contributed by atoms with van der Waals surface area (Å²) in [6.07, 6.45) is 1.63. The summed E-state index contributed by atoms with van der Waals surface area (Å²) in [7, 11) is 0. The van der Waals surface area contributed by atoms with Gasteiger partial charge in [0.1, 0.15) is 6.04 Å². The summed E-state index contributed by atoms with van der Waals surface area (Å²) in [6, 6.07) is -0.265. The molecule has 3 N–H and O–H groups in total. The molecule has 0 spiro atoms. The molecule has 8 heteroatoms. The van der Waals surface area contributed by atoms with Gasteiger partial charge in [0.2, 0.25) is 0 Å². The lowest BCUT2D eigenvalue weighted by Crippen LogP contribution is -2.32. The Labute approximate surface area is 127 Å². The lowest BCUT2D eigenvalue weighted by molar-refractivity contribution is 0.519. The maximum Gasteiger partial charge on any atom is 0.102 e. The van der Waals surface area contributed by atoms with Crippen LogP contribution in [0.1, 0.15) is 50.0 Å². The number of aryl methyl sites for hydroxylation is 1. The Balaban J connectivity index is 2.54. The van der Waals surface area contributed by atoms with Gasteiger partial charge in [-0.1, -0.05) is 36.9 Å². The van der Waals surface area contributed by atoms with Gasteiger partial charge in [-0.15, -0.1) is 5.10 Å². The fourth-order valence-corrected chi connectivity index (χ4v) is 3.28. The van der Waals surface area contributed by atoms with Gasteiger partial charge in [0, 0.05) is 12.0 Å². The average molecular weight is 315 g/mol. The van der Waals surface area contributed by atoms with E-state index in [0.29, 0.717) is 5.02 Å². The monoisotopic (exact) mass is 314 g/mol. The summed E-state index contributed by atoms with van der Waals surface area (Å²) in [5.41, 5.74) is 4.47. The highest BCUT2D eigenvalue weighted by molar-refractivity contribution is 7.05. The predicted molar refractivity (Wildman–Crippen MR) is 80.7 cm³/mol. The van der Waals surface area contributed by atoms with Gasteiger partial charge < -0.3 is 0 Å². The molecular formula is C12H19ClN6S. The van der Waals surface area contributed by atoms with Crippen LogP contribution in [-0.2, 0) is 12.0 Å². The Morgan fingerprint density at radius 2 is 2.20 bits per heavy atom. The van der Waals surface area contributed by atoms with E-state index in [0.717, 1.165) is 22.8 Å². The Hall–Kier alpha value is -1.02. The quantitative estimate of drug-likeness (QED) is 0.668. The molecule has 0 aliphatic rings. The molecule has 1 atom stereocenters. The largest absolute Gasteiger partial charge is 0.270 e. The first-order valence-corrected chi connectivity index (χ1v) is 7.55. The molecule has 2 rings (SSSR count). The van der Waals surface area contributed by atoms with Gasteiger partial charge in [0.05, 0.1) is 27.5 Å². The van der Waals surface area contributed by atoms with Crippen molar-refractivity contribution in [2.24, 2.45) is 5.84 Å². The van der Waals surface area contributed by atoms with E-state index in [4.69, 9.17) is 17.4 Å². The standard InChI is InChI=1S/C12H19ClN6S/c1-5-19-9(7(13)6-15-19)8(16-14)10-11(12(2,3)4)17-18-20-10/h6,8,16H,5,14H2,1-4H3. The zero-order valence-corrected chi connectivity index (χ0v) is 13.6. The van der Waals surface area contributed by atoms with E-state index < -0.39 is 0 Å². The lowest BCUT2D eigenvalue weighted by Gasteiger charge is -2.22. The number of hydrogen-bond donors (Lipinski definition) is 2. The lowest BCUT2D eigenvalue weighted by atomic mass is 9.89. The third-order valence-electron chi connectivity index (χ3n) is 3.06. The Bertz CT molecular complexity index is 585. The van der Waals surface area contributed by atoms with Crippen molar-refractivity contribution < 1.29 is 0 Å². The molecule has 0 aliphatic carbocycles. The normalized spacial score (nSPS) is 13.7. The summed E-state index contributed by atoms with van der Waals surface area (Å²) < 4.78 is 5.91. The van der Waals surface area contributed by atoms with E-state index in [-0.39, 0.29) is 11.5 Å². The SMILES string of the molecule is CCn1ncc(Cl)c1C(NN)c1snnc1C(C)(C)C. The second kappa shape index (κ2) is 5.77. The number of nitrogens with two attached hydrogens (primary N) is 1. The van der Waals surface area contributed by atoms with Crippen molar-refractivity contribution in [3.8, 4) is 0 Å². The summed E-state index contributed by atoms with van der Waals surface area (Å²) >= 11 is 7.60. The van der Waals surface area contributed by atoms with Crippen LogP contribution >= 0.6 is 23.1 Å². The van der Waals surface area contributed by atoms with Gasteiger partial charge in [-0.05, 0) is 18.5 Å². The summed E-state index contributed by atoms with van der Waals surface area (Å²) in [6.45, 7) is 9.02. The van der Waals surface area contributed by atoms with Crippen molar-refractivity contribution in [1.29, 1.82) is 0 Å². The fraction of sp³-hybridized carbons (Fsp3) is 0.583. The molecule has 0 radical (unpaired) electrons. The van der Waals surface area contributed by atoms with Crippen LogP contribution in [0.3, 0.4) is 0 Å². The molecule has 6 nitrogen and oxygen atoms in total. The zero-order chi connectivity index (χ0) is 14.9. The van der Waals surface area contributed by atoms with Crippen molar-refractivity contribution >= 4 is 23.1 Å². The van der Waals surface area contributed by atoms with Crippen LogP contribution in [0, 0.1) is 0 Å². The Kier molecular flexibility index (Phi) is 4.43. The van der Waals surface area contributed by atoms with E-state index in [1.165, 1.54) is 11.5 Å². The fourth-order valence-electron chi connectivity index (χ4n) is 2.10. The summed E-state index contributed by atoms with van der Waals surface area (Å²) in [5.74, 6) is 5.76. The number of halogens is 1. The first-order chi connectivity index (χ1) is 9.40. The third kappa shape index (κ3) is 2.71. The molecule has 2 aromatic rings. The van der Waals surface area contributed by atoms with Gasteiger partial charge in [-0.2, -0.15) is 5.10 Å². The number of hydrogen-bond acceptors (Lipinski definition) is 6. The third-order valence-corrected chi connectivity index (χ3v) is 4.14. The number of nitrogens with one attached hydrogen (secondary N) is 1. The number of rotatable bonds is 4. The summed E-state index contributed by atoms with van der Waals surface area (Å²) in [5, 5.41) is 9.10. The molecule has 0 saturated heterocycles. The van der Waals surface area contributed by atoms with Crippen LogP contribution < -0.4 is 11.3 Å². The van der Waals surface area contributed by atoms with E-state index >= 15 is 0 Å². The number of nitrogens with zero attached hydrogens (tertiary/aromatic N) is 4. The van der Waals surface area contributed by atoms with Gasteiger partial charge >= 0.3 is 0 Å². The minimum Gasteiger partial charge on any atom is -0.270 e. The molecule has 0 saturated carbocycles. The van der Waals surface area contributed by atoms with Crippen molar-refractivity contribution in [1.82, 2.24) is 24.8 Å². The minimum absolute atomic E-state index is 0.110. The van der Waals surface area contributed by atoms with E-state index in [1.807, 2.05) is 11.6 Å². The highest BCUT2D eigenvalue weighted by Crippen LogP contribution is 2.35. The van der Waals surface area contributed by atoms with Crippen molar-refractivity contribution in [3.05, 3.63) is 27.5 Å². The molecule has 0 aromatic carbocycles. The molecule has 1 unspecified atom stereocenters. The smallest absolute Gasteiger partial charge is 0.102 e. The van der Waals surface area contributed by atoms with Crippen molar-refractivity contribution in [3.63, 3.8) is 0 Å². The van der Waals surface area contributed by atoms with E-state index in [9.17, 15) is 0 Å². The molecule has 2 heterocycles. The molecule has 0 amide bonds.